The van der Waals surface area contributed by atoms with Crippen LogP contribution in [0.15, 0.2) is 18.2 Å². The molecule has 1 aromatic rings. The molecule has 3 rings (SSSR count). The van der Waals surface area contributed by atoms with Crippen LogP contribution in [0, 0.1) is 11.7 Å². The average molecular weight is 290 g/mol. The van der Waals surface area contributed by atoms with Gasteiger partial charge in [-0.25, -0.2) is 4.39 Å². The van der Waals surface area contributed by atoms with Gasteiger partial charge >= 0.3 is 0 Å². The van der Waals surface area contributed by atoms with Gasteiger partial charge in [0.05, 0.1) is 5.02 Å². The summed E-state index contributed by atoms with van der Waals surface area (Å²) in [5, 5.41) is 0.255. The summed E-state index contributed by atoms with van der Waals surface area (Å²) in [7, 11) is 0. The van der Waals surface area contributed by atoms with Crippen molar-refractivity contribution in [3.05, 3.63) is 34.6 Å². The summed E-state index contributed by atoms with van der Waals surface area (Å²) in [5.41, 5.74) is 1.48. The van der Waals surface area contributed by atoms with Crippen LogP contribution in [0.25, 0.3) is 0 Å². The number of benzene rings is 1. The van der Waals surface area contributed by atoms with E-state index in [1.54, 1.807) is 0 Å². The SMILES string of the molecule is CC(C)N1CC2CC2(c2ccc(F)c(Cl)c2)C1.Cl. The summed E-state index contributed by atoms with van der Waals surface area (Å²) in [6, 6.07) is 5.82. The monoisotopic (exact) mass is 289 g/mol. The Hall–Kier alpha value is -0.310. The van der Waals surface area contributed by atoms with Gasteiger partial charge < -0.3 is 0 Å². The minimum absolute atomic E-state index is 0. The van der Waals surface area contributed by atoms with Crippen molar-refractivity contribution in [1.29, 1.82) is 0 Å². The highest BCUT2D eigenvalue weighted by Crippen LogP contribution is 2.59. The molecule has 0 spiro atoms. The van der Waals surface area contributed by atoms with Gasteiger partial charge in [-0.2, -0.15) is 0 Å². The Morgan fingerprint density at radius 2 is 2.17 bits per heavy atom. The van der Waals surface area contributed by atoms with Gasteiger partial charge in [0, 0.05) is 24.5 Å². The van der Waals surface area contributed by atoms with Crippen molar-refractivity contribution in [2.75, 3.05) is 13.1 Å². The van der Waals surface area contributed by atoms with Gasteiger partial charge in [-0.15, -0.1) is 12.4 Å². The Morgan fingerprint density at radius 1 is 1.44 bits per heavy atom. The van der Waals surface area contributed by atoms with Gasteiger partial charge in [-0.05, 0) is 43.9 Å². The molecule has 1 aliphatic heterocycles. The van der Waals surface area contributed by atoms with Gasteiger partial charge in [-0.1, -0.05) is 17.7 Å². The summed E-state index contributed by atoms with van der Waals surface area (Å²) < 4.78 is 13.2. The van der Waals surface area contributed by atoms with E-state index in [0.717, 1.165) is 12.5 Å². The molecule has 2 aliphatic rings. The lowest BCUT2D eigenvalue weighted by Crippen LogP contribution is -2.32. The van der Waals surface area contributed by atoms with E-state index < -0.39 is 0 Å². The van der Waals surface area contributed by atoms with Crippen LogP contribution in [0.3, 0.4) is 0 Å². The number of likely N-dealkylation sites (tertiary alicyclic amines) is 1. The van der Waals surface area contributed by atoms with Crippen molar-refractivity contribution >= 4 is 24.0 Å². The second-order valence-electron chi connectivity index (χ2n) is 5.71. The molecule has 0 aromatic heterocycles. The third kappa shape index (κ3) is 2.04. The van der Waals surface area contributed by atoms with Crippen molar-refractivity contribution in [3.8, 4) is 0 Å². The lowest BCUT2D eigenvalue weighted by Gasteiger charge is -2.24. The van der Waals surface area contributed by atoms with E-state index in [-0.39, 0.29) is 28.7 Å². The maximum atomic E-state index is 13.2. The van der Waals surface area contributed by atoms with Gasteiger partial charge in [0.2, 0.25) is 0 Å². The third-order valence-corrected chi connectivity index (χ3v) is 4.69. The standard InChI is InChI=1S/C14H17ClFN.ClH/c1-9(2)17-7-11-6-14(11,8-17)10-3-4-13(16)12(15)5-10;/h3-5,9,11H,6-8H2,1-2H3;1H. The van der Waals surface area contributed by atoms with Gasteiger partial charge in [0.25, 0.3) is 0 Å². The highest BCUT2D eigenvalue weighted by Gasteiger charge is 2.60. The number of halogens is 3. The normalized spacial score (nSPS) is 30.2. The average Bonchev–Trinajstić information content (AvgIpc) is 2.85. The highest BCUT2D eigenvalue weighted by atomic mass is 35.5. The fraction of sp³-hybridized carbons (Fsp3) is 0.571. The molecule has 1 heterocycles. The van der Waals surface area contributed by atoms with Gasteiger partial charge in [0.1, 0.15) is 5.82 Å². The molecule has 1 nitrogen and oxygen atoms in total. The zero-order valence-electron chi connectivity index (χ0n) is 10.6. The highest BCUT2D eigenvalue weighted by molar-refractivity contribution is 6.30. The molecule has 100 valence electrons. The quantitative estimate of drug-likeness (QED) is 0.799. The van der Waals surface area contributed by atoms with Crippen molar-refractivity contribution in [1.82, 2.24) is 4.90 Å². The summed E-state index contributed by atoms with van der Waals surface area (Å²) in [4.78, 5) is 2.51. The molecule has 1 saturated heterocycles. The predicted octanol–water partition coefficient (Wildman–Crippen LogP) is 3.88. The first kappa shape index (κ1) is 14.1. The van der Waals surface area contributed by atoms with Gasteiger partial charge in [-0.3, -0.25) is 4.90 Å². The third-order valence-electron chi connectivity index (χ3n) is 4.40. The van der Waals surface area contributed by atoms with Crippen molar-refractivity contribution in [3.63, 3.8) is 0 Å². The Kier molecular flexibility index (Phi) is 3.65. The first-order valence-corrected chi connectivity index (χ1v) is 6.60. The first-order chi connectivity index (χ1) is 8.03. The number of rotatable bonds is 2. The molecule has 18 heavy (non-hydrogen) atoms. The van der Waals surface area contributed by atoms with E-state index in [1.165, 1.54) is 24.6 Å². The molecule has 1 aromatic carbocycles. The zero-order chi connectivity index (χ0) is 12.2. The van der Waals surface area contributed by atoms with E-state index >= 15 is 0 Å². The summed E-state index contributed by atoms with van der Waals surface area (Å²) in [6.45, 7) is 6.73. The first-order valence-electron chi connectivity index (χ1n) is 6.22. The van der Waals surface area contributed by atoms with E-state index in [2.05, 4.69) is 18.7 Å². The molecular formula is C14H18Cl2FN. The van der Waals surface area contributed by atoms with Crippen LogP contribution in [0.4, 0.5) is 4.39 Å². The van der Waals surface area contributed by atoms with E-state index in [0.29, 0.717) is 6.04 Å². The van der Waals surface area contributed by atoms with Crippen molar-refractivity contribution < 1.29 is 4.39 Å². The van der Waals surface area contributed by atoms with E-state index in [9.17, 15) is 4.39 Å². The van der Waals surface area contributed by atoms with Gasteiger partial charge in [0.15, 0.2) is 0 Å². The Bertz CT molecular complexity index is 463. The zero-order valence-corrected chi connectivity index (χ0v) is 12.2. The molecular weight excluding hydrogens is 272 g/mol. The van der Waals surface area contributed by atoms with Crippen molar-refractivity contribution in [2.24, 2.45) is 5.92 Å². The van der Waals surface area contributed by atoms with Crippen LogP contribution in [-0.2, 0) is 5.41 Å². The molecule has 4 heteroatoms. The number of hydrogen-bond donors (Lipinski definition) is 0. The molecule has 2 fully saturated rings. The number of piperidine rings is 1. The lowest BCUT2D eigenvalue weighted by molar-refractivity contribution is 0.243. The Morgan fingerprint density at radius 3 is 2.72 bits per heavy atom. The number of nitrogens with zero attached hydrogens (tertiary/aromatic N) is 1. The van der Waals surface area contributed by atoms with Crippen LogP contribution >= 0.6 is 24.0 Å². The minimum Gasteiger partial charge on any atom is -0.300 e. The Labute approximate surface area is 119 Å². The van der Waals surface area contributed by atoms with Crippen molar-refractivity contribution in [2.45, 2.75) is 31.7 Å². The van der Waals surface area contributed by atoms with Crippen LogP contribution in [0.1, 0.15) is 25.8 Å². The minimum atomic E-state index is -0.317. The predicted molar refractivity (Wildman–Crippen MR) is 75.2 cm³/mol. The number of fused-ring (bicyclic) bond motifs is 1. The summed E-state index contributed by atoms with van der Waals surface area (Å²) in [6.07, 6.45) is 1.23. The topological polar surface area (TPSA) is 3.24 Å². The Balaban J connectivity index is 0.00000120. The smallest absolute Gasteiger partial charge is 0.141 e. The maximum Gasteiger partial charge on any atom is 0.141 e. The molecule has 0 N–H and O–H groups in total. The van der Waals surface area contributed by atoms with Crippen LogP contribution in [0.2, 0.25) is 5.02 Å². The molecule has 2 atom stereocenters. The second-order valence-corrected chi connectivity index (χ2v) is 6.12. The molecule has 0 bridgehead atoms. The fourth-order valence-corrected chi connectivity index (χ4v) is 3.35. The molecule has 1 saturated carbocycles. The van der Waals surface area contributed by atoms with E-state index in [4.69, 9.17) is 11.6 Å². The summed E-state index contributed by atoms with van der Waals surface area (Å²) >= 11 is 5.88. The molecule has 2 unspecified atom stereocenters. The lowest BCUT2D eigenvalue weighted by atomic mass is 9.95. The number of hydrogen-bond acceptors (Lipinski definition) is 1. The second kappa shape index (κ2) is 4.66. The largest absolute Gasteiger partial charge is 0.300 e. The van der Waals surface area contributed by atoms with Crippen LogP contribution in [0.5, 0.6) is 0 Å². The summed E-state index contributed by atoms with van der Waals surface area (Å²) in [5.74, 6) is 0.425. The molecule has 0 radical (unpaired) electrons. The van der Waals surface area contributed by atoms with Crippen LogP contribution < -0.4 is 0 Å². The molecule has 1 aliphatic carbocycles. The van der Waals surface area contributed by atoms with Crippen LogP contribution in [-0.4, -0.2) is 24.0 Å². The van der Waals surface area contributed by atoms with E-state index in [1.807, 2.05) is 12.1 Å². The fourth-order valence-electron chi connectivity index (χ4n) is 3.17. The maximum absolute atomic E-state index is 13.2. The molecule has 0 amide bonds.